The lowest BCUT2D eigenvalue weighted by molar-refractivity contribution is 0.0881. The molecule has 0 saturated heterocycles. The highest BCUT2D eigenvalue weighted by Gasteiger charge is 2.26. The fourth-order valence-corrected chi connectivity index (χ4v) is 2.63. The quantitative estimate of drug-likeness (QED) is 0.820. The predicted molar refractivity (Wildman–Crippen MR) is 70.5 cm³/mol. The minimum Gasteiger partial charge on any atom is -0.328 e. The maximum atomic E-state index is 12.3. The van der Waals surface area contributed by atoms with Crippen molar-refractivity contribution in [3.05, 3.63) is 34.3 Å². The van der Waals surface area contributed by atoms with Crippen molar-refractivity contribution in [2.24, 2.45) is 11.7 Å². The van der Waals surface area contributed by atoms with Crippen LogP contribution in [0.4, 0.5) is 0 Å². The Labute approximate surface area is 107 Å². The summed E-state index contributed by atoms with van der Waals surface area (Å²) < 4.78 is 0. The number of halogens is 1. The number of carbonyl (C=O) groups is 1. The highest BCUT2D eigenvalue weighted by molar-refractivity contribution is 6.31. The van der Waals surface area contributed by atoms with E-state index in [0.29, 0.717) is 5.02 Å². The van der Waals surface area contributed by atoms with E-state index in [0.717, 1.165) is 36.8 Å². The smallest absolute Gasteiger partial charge is 0.166 e. The molecule has 0 amide bonds. The molecular formula is C14H18ClNO. The molecule has 1 aromatic rings. The Bertz CT molecular complexity index is 430. The van der Waals surface area contributed by atoms with Gasteiger partial charge in [-0.05, 0) is 37.8 Å². The number of hydrogen-bond donors (Lipinski definition) is 1. The van der Waals surface area contributed by atoms with E-state index in [9.17, 15) is 4.79 Å². The van der Waals surface area contributed by atoms with Gasteiger partial charge in [0.2, 0.25) is 0 Å². The second-order valence-corrected chi connectivity index (χ2v) is 5.36. The number of benzene rings is 1. The van der Waals surface area contributed by atoms with E-state index in [-0.39, 0.29) is 17.7 Å². The average molecular weight is 252 g/mol. The molecule has 2 atom stereocenters. The fourth-order valence-electron chi connectivity index (χ4n) is 2.45. The van der Waals surface area contributed by atoms with Crippen molar-refractivity contribution in [2.45, 2.75) is 38.6 Å². The van der Waals surface area contributed by atoms with E-state index in [1.807, 2.05) is 19.1 Å². The van der Waals surface area contributed by atoms with Crippen LogP contribution < -0.4 is 5.73 Å². The van der Waals surface area contributed by atoms with E-state index in [1.165, 1.54) is 0 Å². The molecule has 2 N–H and O–H groups in total. The number of rotatable bonds is 2. The van der Waals surface area contributed by atoms with Crippen LogP contribution in [0.3, 0.4) is 0 Å². The molecule has 1 aliphatic carbocycles. The normalized spacial score (nSPS) is 24.6. The molecule has 2 unspecified atom stereocenters. The molecule has 2 nitrogen and oxygen atoms in total. The van der Waals surface area contributed by atoms with Crippen molar-refractivity contribution in [1.82, 2.24) is 0 Å². The van der Waals surface area contributed by atoms with Crippen LogP contribution in [0.1, 0.15) is 41.6 Å². The lowest BCUT2D eigenvalue weighted by atomic mass is 9.81. The lowest BCUT2D eigenvalue weighted by Gasteiger charge is -2.25. The van der Waals surface area contributed by atoms with Crippen molar-refractivity contribution in [3.8, 4) is 0 Å². The van der Waals surface area contributed by atoms with Crippen LogP contribution >= 0.6 is 11.6 Å². The van der Waals surface area contributed by atoms with Crippen molar-refractivity contribution in [3.63, 3.8) is 0 Å². The fraction of sp³-hybridized carbons (Fsp3) is 0.500. The summed E-state index contributed by atoms with van der Waals surface area (Å²) in [4.78, 5) is 12.3. The van der Waals surface area contributed by atoms with E-state index in [4.69, 9.17) is 17.3 Å². The summed E-state index contributed by atoms with van der Waals surface area (Å²) in [6.07, 6.45) is 3.86. The van der Waals surface area contributed by atoms with Crippen LogP contribution in [0.5, 0.6) is 0 Å². The zero-order chi connectivity index (χ0) is 12.4. The first kappa shape index (κ1) is 12.6. The second-order valence-electron chi connectivity index (χ2n) is 4.95. The van der Waals surface area contributed by atoms with Gasteiger partial charge in [-0.3, -0.25) is 4.79 Å². The Balaban J connectivity index is 2.15. The minimum atomic E-state index is 0.0810. The predicted octanol–water partition coefficient (Wildman–Crippen LogP) is 3.35. The maximum absolute atomic E-state index is 12.3. The van der Waals surface area contributed by atoms with Crippen LogP contribution in [-0.2, 0) is 0 Å². The van der Waals surface area contributed by atoms with Crippen LogP contribution in [0.2, 0.25) is 5.02 Å². The monoisotopic (exact) mass is 251 g/mol. The van der Waals surface area contributed by atoms with Crippen molar-refractivity contribution < 1.29 is 4.79 Å². The number of Topliss-reactive ketones (excluding diaryl/α,β-unsaturated/α-hetero) is 1. The van der Waals surface area contributed by atoms with Gasteiger partial charge >= 0.3 is 0 Å². The summed E-state index contributed by atoms with van der Waals surface area (Å²) in [5.74, 6) is 0.277. The maximum Gasteiger partial charge on any atom is 0.166 e. The van der Waals surface area contributed by atoms with Crippen LogP contribution in [-0.4, -0.2) is 11.8 Å². The van der Waals surface area contributed by atoms with E-state index in [2.05, 4.69) is 0 Å². The Morgan fingerprint density at radius 2 is 2.18 bits per heavy atom. The van der Waals surface area contributed by atoms with E-state index in [1.54, 1.807) is 6.07 Å². The third kappa shape index (κ3) is 2.88. The first-order valence-corrected chi connectivity index (χ1v) is 6.51. The van der Waals surface area contributed by atoms with Crippen molar-refractivity contribution >= 4 is 17.4 Å². The molecule has 0 spiro atoms. The van der Waals surface area contributed by atoms with Gasteiger partial charge in [0.25, 0.3) is 0 Å². The molecule has 0 aliphatic heterocycles. The van der Waals surface area contributed by atoms with Gasteiger partial charge in [-0.15, -0.1) is 0 Å². The van der Waals surface area contributed by atoms with Gasteiger partial charge in [0.05, 0.1) is 0 Å². The first-order valence-electron chi connectivity index (χ1n) is 6.14. The van der Waals surface area contributed by atoms with E-state index >= 15 is 0 Å². The number of ketones is 1. The lowest BCUT2D eigenvalue weighted by Crippen LogP contribution is -2.31. The molecule has 0 bridgehead atoms. The van der Waals surface area contributed by atoms with Crippen molar-refractivity contribution in [1.29, 1.82) is 0 Å². The van der Waals surface area contributed by atoms with E-state index < -0.39 is 0 Å². The number of nitrogens with two attached hydrogens (primary N) is 1. The Morgan fingerprint density at radius 1 is 1.41 bits per heavy atom. The standard InChI is InChI=1S/C14H18ClNO/c1-9-5-6-11(8-13(9)15)14(17)10-3-2-4-12(16)7-10/h5-6,8,10,12H,2-4,7,16H2,1H3. The molecule has 1 aliphatic rings. The van der Waals surface area contributed by atoms with Crippen LogP contribution in [0, 0.1) is 12.8 Å². The number of hydrogen-bond acceptors (Lipinski definition) is 2. The van der Waals surface area contributed by atoms with Crippen LogP contribution in [0.25, 0.3) is 0 Å². The summed E-state index contributed by atoms with van der Waals surface area (Å²) in [5.41, 5.74) is 7.64. The van der Waals surface area contributed by atoms with Gasteiger partial charge in [-0.25, -0.2) is 0 Å². The molecule has 1 saturated carbocycles. The molecule has 0 radical (unpaired) electrons. The topological polar surface area (TPSA) is 43.1 Å². The molecule has 92 valence electrons. The Hall–Kier alpha value is -0.860. The molecule has 17 heavy (non-hydrogen) atoms. The zero-order valence-electron chi connectivity index (χ0n) is 10.1. The number of aryl methyl sites for hydroxylation is 1. The molecule has 0 aromatic heterocycles. The van der Waals surface area contributed by atoms with Gasteiger partial charge in [-0.1, -0.05) is 30.2 Å². The van der Waals surface area contributed by atoms with Gasteiger partial charge in [0, 0.05) is 22.5 Å². The summed E-state index contributed by atoms with van der Waals surface area (Å²) >= 11 is 6.05. The van der Waals surface area contributed by atoms with Gasteiger partial charge in [0.15, 0.2) is 5.78 Å². The molecule has 2 rings (SSSR count). The highest BCUT2D eigenvalue weighted by atomic mass is 35.5. The highest BCUT2D eigenvalue weighted by Crippen LogP contribution is 2.27. The van der Waals surface area contributed by atoms with Crippen LogP contribution in [0.15, 0.2) is 18.2 Å². The summed E-state index contributed by atoms with van der Waals surface area (Å²) in [5, 5.41) is 0.663. The first-order chi connectivity index (χ1) is 8.08. The van der Waals surface area contributed by atoms with Gasteiger partial charge in [-0.2, -0.15) is 0 Å². The summed E-state index contributed by atoms with van der Waals surface area (Å²) in [7, 11) is 0. The Morgan fingerprint density at radius 3 is 2.82 bits per heavy atom. The zero-order valence-corrected chi connectivity index (χ0v) is 10.8. The third-order valence-electron chi connectivity index (χ3n) is 3.54. The largest absolute Gasteiger partial charge is 0.328 e. The Kier molecular flexibility index (Phi) is 3.85. The molecular weight excluding hydrogens is 234 g/mol. The molecule has 1 aromatic carbocycles. The van der Waals surface area contributed by atoms with Crippen molar-refractivity contribution in [2.75, 3.05) is 0 Å². The molecule has 0 heterocycles. The second kappa shape index (κ2) is 5.19. The van der Waals surface area contributed by atoms with Gasteiger partial charge < -0.3 is 5.73 Å². The summed E-state index contributed by atoms with van der Waals surface area (Å²) in [6.45, 7) is 1.94. The molecule has 3 heteroatoms. The summed E-state index contributed by atoms with van der Waals surface area (Å²) in [6, 6.07) is 5.72. The third-order valence-corrected chi connectivity index (χ3v) is 3.95. The molecule has 1 fully saturated rings. The minimum absolute atomic E-state index is 0.0810. The number of carbonyl (C=O) groups excluding carboxylic acids is 1. The average Bonchev–Trinajstić information content (AvgIpc) is 2.32. The SMILES string of the molecule is Cc1ccc(C(=O)C2CCCC(N)C2)cc1Cl. The van der Waals surface area contributed by atoms with Gasteiger partial charge in [0.1, 0.15) is 0 Å².